The zero-order valence-electron chi connectivity index (χ0n) is 15.1. The minimum atomic E-state index is -0.482. The second-order valence-electron chi connectivity index (χ2n) is 6.43. The summed E-state index contributed by atoms with van der Waals surface area (Å²) >= 11 is 0. The third kappa shape index (κ3) is 5.40. The maximum absolute atomic E-state index is 5.91. The van der Waals surface area contributed by atoms with Gasteiger partial charge in [0.05, 0.1) is 0 Å². The molecule has 0 bridgehead atoms. The Morgan fingerprint density at radius 1 is 1.05 bits per heavy atom. The normalized spacial score (nSPS) is 14.8. The minimum absolute atomic E-state index is 0.320. The molecule has 126 valence electrons. The van der Waals surface area contributed by atoms with Crippen molar-refractivity contribution in [2.24, 2.45) is 11.8 Å². The third-order valence-electron chi connectivity index (χ3n) is 4.94. The van der Waals surface area contributed by atoms with Crippen molar-refractivity contribution in [3.8, 4) is 0 Å². The Balaban J connectivity index is 2.79. The minimum Gasteiger partial charge on any atom is -0.353 e. The van der Waals surface area contributed by atoms with Gasteiger partial charge >= 0.3 is 0 Å². The van der Waals surface area contributed by atoms with Crippen LogP contribution in [0.2, 0.25) is 0 Å². The summed E-state index contributed by atoms with van der Waals surface area (Å²) in [7, 11) is 3.58. The van der Waals surface area contributed by atoms with E-state index in [0.29, 0.717) is 11.8 Å². The molecule has 22 heavy (non-hydrogen) atoms. The van der Waals surface area contributed by atoms with Crippen LogP contribution in [0, 0.1) is 11.8 Å². The van der Waals surface area contributed by atoms with E-state index in [0.717, 1.165) is 12.8 Å². The highest BCUT2D eigenvalue weighted by molar-refractivity contribution is 5.15. The Labute approximate surface area is 137 Å². The number of hydrogen-bond acceptors (Lipinski definition) is 2. The molecule has 1 aromatic carbocycles. The Bertz CT molecular complexity index is 384. The lowest BCUT2D eigenvalue weighted by Gasteiger charge is -2.39. The molecule has 0 aromatic heterocycles. The van der Waals surface area contributed by atoms with Gasteiger partial charge in [0.25, 0.3) is 0 Å². The van der Waals surface area contributed by atoms with Crippen molar-refractivity contribution in [3.63, 3.8) is 0 Å². The van der Waals surface area contributed by atoms with Gasteiger partial charge in [0.15, 0.2) is 5.79 Å². The van der Waals surface area contributed by atoms with E-state index in [1.165, 1.54) is 31.2 Å². The van der Waals surface area contributed by atoms with Crippen LogP contribution >= 0.6 is 0 Å². The lowest BCUT2D eigenvalue weighted by atomic mass is 9.83. The Morgan fingerprint density at radius 3 is 2.18 bits per heavy atom. The van der Waals surface area contributed by atoms with Crippen LogP contribution in [-0.4, -0.2) is 20.0 Å². The van der Waals surface area contributed by atoms with Gasteiger partial charge in [0.2, 0.25) is 0 Å². The predicted octanol–water partition coefficient (Wildman–Crippen LogP) is 5.46. The molecule has 0 aliphatic carbocycles. The average molecular weight is 306 g/mol. The predicted molar refractivity (Wildman–Crippen MR) is 94.0 cm³/mol. The molecular formula is C20H34O2. The first-order valence-corrected chi connectivity index (χ1v) is 8.76. The van der Waals surface area contributed by atoms with Gasteiger partial charge in [-0.1, -0.05) is 76.8 Å². The third-order valence-corrected chi connectivity index (χ3v) is 4.94. The van der Waals surface area contributed by atoms with Gasteiger partial charge in [-0.05, 0) is 17.9 Å². The number of unbranched alkanes of at least 4 members (excludes halogenated alkanes) is 1. The molecule has 0 saturated heterocycles. The molecule has 0 radical (unpaired) electrons. The van der Waals surface area contributed by atoms with Crippen LogP contribution in [0.4, 0.5) is 0 Å². The molecule has 1 aromatic rings. The molecular weight excluding hydrogens is 272 g/mol. The quantitative estimate of drug-likeness (QED) is 0.505. The average Bonchev–Trinajstić information content (AvgIpc) is 2.56. The van der Waals surface area contributed by atoms with Crippen molar-refractivity contribution >= 4 is 0 Å². The zero-order chi connectivity index (χ0) is 16.4. The smallest absolute Gasteiger partial charge is 0.170 e. The number of ether oxygens (including phenoxy) is 2. The van der Waals surface area contributed by atoms with E-state index < -0.39 is 5.79 Å². The topological polar surface area (TPSA) is 18.5 Å². The summed E-state index contributed by atoms with van der Waals surface area (Å²) in [6, 6.07) is 10.6. The van der Waals surface area contributed by atoms with Gasteiger partial charge < -0.3 is 9.47 Å². The Kier molecular flexibility index (Phi) is 8.74. The lowest BCUT2D eigenvalue weighted by molar-refractivity contribution is -0.247. The fourth-order valence-electron chi connectivity index (χ4n) is 3.32. The standard InChI is InChI=1S/C20H34O2/c1-6-8-12-18(7-2)16-20(21-4,22-5)17(3)15-19-13-10-9-11-14-19/h9-11,13-14,17-18H,6-8,12,15-16H2,1-5H3. The molecule has 0 heterocycles. The highest BCUT2D eigenvalue weighted by Crippen LogP contribution is 2.35. The maximum Gasteiger partial charge on any atom is 0.170 e. The van der Waals surface area contributed by atoms with Gasteiger partial charge in [-0.3, -0.25) is 0 Å². The van der Waals surface area contributed by atoms with Crippen LogP contribution in [-0.2, 0) is 15.9 Å². The summed E-state index contributed by atoms with van der Waals surface area (Å²) in [6.45, 7) is 6.77. The SMILES string of the molecule is CCCCC(CC)CC(OC)(OC)C(C)Cc1ccccc1. The molecule has 2 atom stereocenters. The molecule has 0 aliphatic heterocycles. The summed E-state index contributed by atoms with van der Waals surface area (Å²) in [5.74, 6) is 0.503. The summed E-state index contributed by atoms with van der Waals surface area (Å²) in [5.41, 5.74) is 1.34. The molecule has 0 spiro atoms. The van der Waals surface area contributed by atoms with E-state index >= 15 is 0 Å². The van der Waals surface area contributed by atoms with Gasteiger partial charge in [-0.2, -0.15) is 0 Å². The second kappa shape index (κ2) is 10.0. The number of hydrogen-bond donors (Lipinski definition) is 0. The van der Waals surface area contributed by atoms with Gasteiger partial charge in [0, 0.05) is 26.6 Å². The molecule has 0 aliphatic rings. The summed E-state index contributed by atoms with van der Waals surface area (Å²) in [6.07, 6.45) is 6.95. The molecule has 2 nitrogen and oxygen atoms in total. The van der Waals surface area contributed by atoms with E-state index in [1.807, 2.05) is 0 Å². The van der Waals surface area contributed by atoms with Crippen LogP contribution in [0.15, 0.2) is 30.3 Å². The molecule has 0 fully saturated rings. The number of rotatable bonds is 11. The summed E-state index contributed by atoms with van der Waals surface area (Å²) in [4.78, 5) is 0. The summed E-state index contributed by atoms with van der Waals surface area (Å²) < 4.78 is 11.8. The molecule has 2 unspecified atom stereocenters. The first kappa shape index (κ1) is 19.2. The van der Waals surface area contributed by atoms with Crippen LogP contribution in [0.5, 0.6) is 0 Å². The number of benzene rings is 1. The van der Waals surface area contributed by atoms with Crippen LogP contribution in [0.25, 0.3) is 0 Å². The molecule has 0 saturated carbocycles. The Hall–Kier alpha value is -0.860. The molecule has 2 heteroatoms. The van der Waals surface area contributed by atoms with E-state index in [9.17, 15) is 0 Å². The first-order valence-electron chi connectivity index (χ1n) is 8.76. The molecule has 0 N–H and O–H groups in total. The van der Waals surface area contributed by atoms with Crippen molar-refractivity contribution in [2.45, 2.75) is 65.1 Å². The van der Waals surface area contributed by atoms with Crippen molar-refractivity contribution < 1.29 is 9.47 Å². The monoisotopic (exact) mass is 306 g/mol. The van der Waals surface area contributed by atoms with Crippen LogP contribution in [0.1, 0.15) is 58.4 Å². The van der Waals surface area contributed by atoms with E-state index in [-0.39, 0.29) is 0 Å². The second-order valence-corrected chi connectivity index (χ2v) is 6.43. The van der Waals surface area contributed by atoms with Gasteiger partial charge in [-0.25, -0.2) is 0 Å². The van der Waals surface area contributed by atoms with Crippen molar-refractivity contribution in [3.05, 3.63) is 35.9 Å². The van der Waals surface area contributed by atoms with Gasteiger partial charge in [0.1, 0.15) is 0 Å². The van der Waals surface area contributed by atoms with E-state index in [4.69, 9.17) is 9.47 Å². The highest BCUT2D eigenvalue weighted by atomic mass is 16.7. The van der Waals surface area contributed by atoms with E-state index in [1.54, 1.807) is 14.2 Å². The lowest BCUT2D eigenvalue weighted by Crippen LogP contribution is -2.43. The fraction of sp³-hybridized carbons (Fsp3) is 0.700. The zero-order valence-corrected chi connectivity index (χ0v) is 15.1. The van der Waals surface area contributed by atoms with Crippen LogP contribution < -0.4 is 0 Å². The van der Waals surface area contributed by atoms with Crippen LogP contribution in [0.3, 0.4) is 0 Å². The van der Waals surface area contributed by atoms with Crippen molar-refractivity contribution in [2.75, 3.05) is 14.2 Å². The van der Waals surface area contributed by atoms with Gasteiger partial charge in [-0.15, -0.1) is 0 Å². The van der Waals surface area contributed by atoms with E-state index in [2.05, 4.69) is 51.1 Å². The van der Waals surface area contributed by atoms with Crippen molar-refractivity contribution in [1.29, 1.82) is 0 Å². The molecule has 0 amide bonds. The first-order chi connectivity index (χ1) is 10.6. The fourth-order valence-corrected chi connectivity index (χ4v) is 3.32. The largest absolute Gasteiger partial charge is 0.353 e. The Morgan fingerprint density at radius 2 is 1.68 bits per heavy atom. The highest BCUT2D eigenvalue weighted by Gasteiger charge is 2.38. The number of methoxy groups -OCH3 is 2. The maximum atomic E-state index is 5.91. The molecule has 1 rings (SSSR count). The summed E-state index contributed by atoms with van der Waals surface area (Å²) in [5, 5.41) is 0. The van der Waals surface area contributed by atoms with Crippen molar-refractivity contribution in [1.82, 2.24) is 0 Å².